The summed E-state index contributed by atoms with van der Waals surface area (Å²) in [5, 5.41) is 1.23. The molecule has 6 heteroatoms. The van der Waals surface area contributed by atoms with E-state index < -0.39 is 10.0 Å². The zero-order valence-corrected chi connectivity index (χ0v) is 13.6. The first-order chi connectivity index (χ1) is 10.5. The Labute approximate surface area is 131 Å². The van der Waals surface area contributed by atoms with E-state index in [0.717, 1.165) is 13.1 Å². The molecule has 0 atom stereocenters. The monoisotopic (exact) mass is 319 g/mol. The number of hydrogen-bond acceptors (Lipinski definition) is 3. The third kappa shape index (κ3) is 2.50. The van der Waals surface area contributed by atoms with E-state index in [1.807, 2.05) is 6.20 Å². The van der Waals surface area contributed by atoms with Gasteiger partial charge in [0.05, 0.1) is 6.26 Å². The Balaban J connectivity index is 1.65. The van der Waals surface area contributed by atoms with Crippen molar-refractivity contribution in [3.63, 3.8) is 0 Å². The summed E-state index contributed by atoms with van der Waals surface area (Å²) in [5.41, 5.74) is 3.84. The number of anilines is 1. The molecule has 22 heavy (non-hydrogen) atoms. The maximum atomic E-state index is 11.7. The van der Waals surface area contributed by atoms with E-state index in [4.69, 9.17) is 0 Å². The lowest BCUT2D eigenvalue weighted by Crippen LogP contribution is -2.48. The number of aromatic nitrogens is 1. The lowest BCUT2D eigenvalue weighted by atomic mass is 10.1. The van der Waals surface area contributed by atoms with Gasteiger partial charge in [-0.1, -0.05) is 0 Å². The molecule has 5 nitrogen and oxygen atoms in total. The van der Waals surface area contributed by atoms with Gasteiger partial charge in [-0.2, -0.15) is 4.31 Å². The van der Waals surface area contributed by atoms with Gasteiger partial charge in [0, 0.05) is 49.0 Å². The lowest BCUT2D eigenvalue weighted by Gasteiger charge is -2.35. The van der Waals surface area contributed by atoms with E-state index in [1.165, 1.54) is 41.3 Å². The molecule has 2 aliphatic rings. The highest BCUT2D eigenvalue weighted by molar-refractivity contribution is 7.88. The molecule has 1 saturated heterocycles. The first-order valence-corrected chi connectivity index (χ1v) is 9.68. The Morgan fingerprint density at radius 1 is 1.14 bits per heavy atom. The van der Waals surface area contributed by atoms with Crippen LogP contribution in [-0.2, 0) is 10.0 Å². The summed E-state index contributed by atoms with van der Waals surface area (Å²) in [4.78, 5) is 5.65. The number of sulfonamides is 1. The van der Waals surface area contributed by atoms with Crippen LogP contribution < -0.4 is 4.90 Å². The average Bonchev–Trinajstić information content (AvgIpc) is 3.23. The standard InChI is InChI=1S/C16H21N3O2S/c1-22(20,21)19-8-6-18(7-9-19)16-11-13(12-2-3-12)10-15-14(16)4-5-17-15/h4-5,10-12,17H,2-3,6-9H2,1H3. The molecule has 4 rings (SSSR count). The van der Waals surface area contributed by atoms with Gasteiger partial charge in [-0.3, -0.25) is 0 Å². The molecule has 2 heterocycles. The molecular formula is C16H21N3O2S. The summed E-state index contributed by atoms with van der Waals surface area (Å²) in [6, 6.07) is 6.69. The van der Waals surface area contributed by atoms with Gasteiger partial charge in [0.15, 0.2) is 0 Å². The molecule has 2 fully saturated rings. The minimum atomic E-state index is -3.07. The summed E-state index contributed by atoms with van der Waals surface area (Å²) in [6.45, 7) is 2.64. The highest BCUT2D eigenvalue weighted by atomic mass is 32.2. The number of nitrogens with one attached hydrogen (secondary N) is 1. The van der Waals surface area contributed by atoms with E-state index in [9.17, 15) is 8.42 Å². The van der Waals surface area contributed by atoms with Crippen LogP contribution in [0.25, 0.3) is 10.9 Å². The molecule has 118 valence electrons. The Hall–Kier alpha value is -1.53. The SMILES string of the molecule is CS(=O)(=O)N1CCN(c2cc(C3CC3)cc3[nH]ccc23)CC1. The minimum absolute atomic E-state index is 0.568. The lowest BCUT2D eigenvalue weighted by molar-refractivity contribution is 0.388. The van der Waals surface area contributed by atoms with Gasteiger partial charge in [-0.15, -0.1) is 0 Å². The molecule has 1 N–H and O–H groups in total. The van der Waals surface area contributed by atoms with E-state index in [-0.39, 0.29) is 0 Å². The van der Waals surface area contributed by atoms with Gasteiger partial charge < -0.3 is 9.88 Å². The van der Waals surface area contributed by atoms with Gasteiger partial charge in [0.2, 0.25) is 10.0 Å². The number of H-pyrrole nitrogens is 1. The second-order valence-electron chi connectivity index (χ2n) is 6.40. The third-order valence-corrected chi connectivity index (χ3v) is 6.07. The summed E-state index contributed by atoms with van der Waals surface area (Å²) >= 11 is 0. The molecule has 0 bridgehead atoms. The number of aromatic amines is 1. The molecule has 1 aliphatic heterocycles. The normalized spacial score (nSPS) is 20.7. The van der Waals surface area contributed by atoms with Gasteiger partial charge in [-0.05, 0) is 42.5 Å². The Morgan fingerprint density at radius 3 is 2.50 bits per heavy atom. The fraction of sp³-hybridized carbons (Fsp3) is 0.500. The molecule has 1 saturated carbocycles. The summed E-state index contributed by atoms with van der Waals surface area (Å²) in [7, 11) is -3.07. The van der Waals surface area contributed by atoms with Crippen LogP contribution in [0.1, 0.15) is 24.3 Å². The Bertz CT molecular complexity index is 800. The second-order valence-corrected chi connectivity index (χ2v) is 8.38. The Kier molecular flexibility index (Phi) is 3.20. The van der Waals surface area contributed by atoms with Crippen molar-refractivity contribution in [2.75, 3.05) is 37.3 Å². The molecule has 1 aromatic heterocycles. The maximum Gasteiger partial charge on any atom is 0.211 e. The van der Waals surface area contributed by atoms with Crippen molar-refractivity contribution in [1.82, 2.24) is 9.29 Å². The summed E-state index contributed by atoms with van der Waals surface area (Å²) in [5.74, 6) is 0.712. The van der Waals surface area contributed by atoms with Crippen molar-refractivity contribution in [2.45, 2.75) is 18.8 Å². The number of benzene rings is 1. The quantitative estimate of drug-likeness (QED) is 0.943. The van der Waals surface area contributed by atoms with Crippen LogP contribution in [0.3, 0.4) is 0 Å². The third-order valence-electron chi connectivity index (χ3n) is 4.77. The van der Waals surface area contributed by atoms with Crippen LogP contribution >= 0.6 is 0 Å². The van der Waals surface area contributed by atoms with Crippen LogP contribution in [0.5, 0.6) is 0 Å². The van der Waals surface area contributed by atoms with E-state index >= 15 is 0 Å². The summed E-state index contributed by atoms with van der Waals surface area (Å²) < 4.78 is 24.9. The van der Waals surface area contributed by atoms with Gasteiger partial charge >= 0.3 is 0 Å². The molecule has 2 aromatic rings. The number of fused-ring (bicyclic) bond motifs is 1. The van der Waals surface area contributed by atoms with E-state index in [2.05, 4.69) is 28.1 Å². The molecule has 1 aliphatic carbocycles. The molecular weight excluding hydrogens is 298 g/mol. The van der Waals surface area contributed by atoms with Crippen molar-refractivity contribution in [3.8, 4) is 0 Å². The van der Waals surface area contributed by atoms with Gasteiger partial charge in [-0.25, -0.2) is 8.42 Å². The smallest absolute Gasteiger partial charge is 0.211 e. The van der Waals surface area contributed by atoms with Crippen LogP contribution in [-0.4, -0.2) is 50.1 Å². The fourth-order valence-corrected chi connectivity index (χ4v) is 4.17. The zero-order chi connectivity index (χ0) is 15.3. The van der Waals surface area contributed by atoms with Crippen LogP contribution in [0, 0.1) is 0 Å². The van der Waals surface area contributed by atoms with Crippen molar-refractivity contribution in [1.29, 1.82) is 0 Å². The van der Waals surface area contributed by atoms with Crippen LogP contribution in [0.4, 0.5) is 5.69 Å². The molecule has 0 unspecified atom stereocenters. The molecule has 0 spiro atoms. The summed E-state index contributed by atoms with van der Waals surface area (Å²) in [6.07, 6.45) is 5.85. The molecule has 1 aromatic carbocycles. The second kappa shape index (κ2) is 4.99. The topological polar surface area (TPSA) is 56.4 Å². The maximum absolute atomic E-state index is 11.7. The first kappa shape index (κ1) is 14.1. The van der Waals surface area contributed by atoms with E-state index in [1.54, 1.807) is 4.31 Å². The van der Waals surface area contributed by atoms with Crippen LogP contribution in [0.15, 0.2) is 24.4 Å². The number of piperazine rings is 1. The number of nitrogens with zero attached hydrogens (tertiary/aromatic N) is 2. The average molecular weight is 319 g/mol. The molecule has 0 amide bonds. The highest BCUT2D eigenvalue weighted by Gasteiger charge is 2.28. The van der Waals surface area contributed by atoms with Crippen molar-refractivity contribution < 1.29 is 8.42 Å². The van der Waals surface area contributed by atoms with Crippen LogP contribution in [0.2, 0.25) is 0 Å². The van der Waals surface area contributed by atoms with Gasteiger partial charge in [0.1, 0.15) is 0 Å². The fourth-order valence-electron chi connectivity index (χ4n) is 3.34. The number of hydrogen-bond donors (Lipinski definition) is 1. The largest absolute Gasteiger partial charge is 0.368 e. The molecule has 0 radical (unpaired) electrons. The zero-order valence-electron chi connectivity index (χ0n) is 12.7. The predicted octanol–water partition coefficient (Wildman–Crippen LogP) is 2.13. The van der Waals surface area contributed by atoms with Crippen molar-refractivity contribution >= 4 is 26.6 Å². The Morgan fingerprint density at radius 2 is 1.86 bits per heavy atom. The van der Waals surface area contributed by atoms with Gasteiger partial charge in [0.25, 0.3) is 0 Å². The predicted molar refractivity (Wildman–Crippen MR) is 88.9 cm³/mol. The first-order valence-electron chi connectivity index (χ1n) is 7.83. The minimum Gasteiger partial charge on any atom is -0.368 e. The van der Waals surface area contributed by atoms with Crippen molar-refractivity contribution in [2.24, 2.45) is 0 Å². The highest BCUT2D eigenvalue weighted by Crippen LogP contribution is 2.43. The van der Waals surface area contributed by atoms with Crippen molar-refractivity contribution in [3.05, 3.63) is 30.0 Å². The van der Waals surface area contributed by atoms with E-state index in [0.29, 0.717) is 19.0 Å². The number of rotatable bonds is 3.